The second-order valence-corrected chi connectivity index (χ2v) is 6.20. The predicted octanol–water partition coefficient (Wildman–Crippen LogP) is 4.95. The molecule has 2 rings (SSSR count). The molecule has 0 aliphatic rings. The molecule has 0 radical (unpaired) electrons. The lowest BCUT2D eigenvalue weighted by Gasteiger charge is -2.11. The van der Waals surface area contributed by atoms with Gasteiger partial charge in [0.15, 0.2) is 11.5 Å². The molecule has 0 fully saturated rings. The van der Waals surface area contributed by atoms with E-state index in [2.05, 4.69) is 21.2 Å². The lowest BCUT2D eigenvalue weighted by Crippen LogP contribution is -2.13. The van der Waals surface area contributed by atoms with Crippen molar-refractivity contribution < 1.29 is 14.3 Å². The molecule has 0 saturated heterocycles. The highest BCUT2D eigenvalue weighted by atomic mass is 79.9. The fourth-order valence-corrected chi connectivity index (χ4v) is 2.45. The van der Waals surface area contributed by atoms with Crippen molar-refractivity contribution in [3.8, 4) is 11.5 Å². The molecule has 0 aliphatic carbocycles. The summed E-state index contributed by atoms with van der Waals surface area (Å²) in [5.41, 5.74) is 1.90. The third kappa shape index (κ3) is 5.57. The first-order valence-corrected chi connectivity index (χ1v) is 8.80. The summed E-state index contributed by atoms with van der Waals surface area (Å²) in [6, 6.07) is 13.3. The monoisotopic (exact) mass is 391 g/mol. The highest BCUT2D eigenvalue weighted by Gasteiger charge is 2.06. The highest BCUT2D eigenvalue weighted by Crippen LogP contribution is 2.26. The summed E-state index contributed by atoms with van der Waals surface area (Å²) >= 11 is 3.45. The molecule has 0 heterocycles. The Balaban J connectivity index is 1.76. The summed E-state index contributed by atoms with van der Waals surface area (Å²) in [5.74, 6) is 1.43. The molecule has 5 heteroatoms. The first kappa shape index (κ1) is 18.3. The van der Waals surface area contributed by atoms with Crippen molar-refractivity contribution in [1.29, 1.82) is 0 Å². The molecule has 0 spiro atoms. The lowest BCUT2D eigenvalue weighted by molar-refractivity contribution is -0.116. The van der Waals surface area contributed by atoms with Gasteiger partial charge in [-0.3, -0.25) is 4.79 Å². The Kier molecular flexibility index (Phi) is 7.12. The number of rotatable bonds is 8. The van der Waals surface area contributed by atoms with Crippen LogP contribution in [-0.2, 0) is 4.79 Å². The zero-order valence-electron chi connectivity index (χ0n) is 14.0. The average molecular weight is 392 g/mol. The smallest absolute Gasteiger partial charge is 0.224 e. The molecule has 0 atom stereocenters. The minimum Gasteiger partial charge on any atom is -0.490 e. The van der Waals surface area contributed by atoms with Gasteiger partial charge in [0, 0.05) is 16.6 Å². The Bertz CT molecular complexity index is 688. The maximum Gasteiger partial charge on any atom is 0.224 e. The van der Waals surface area contributed by atoms with Gasteiger partial charge in [-0.05, 0) is 56.2 Å². The van der Waals surface area contributed by atoms with Gasteiger partial charge in [-0.15, -0.1) is 0 Å². The minimum absolute atomic E-state index is 0.0154. The standard InChI is InChI=1S/C19H22BrNO3/c1-3-23-17-7-4-5-8-18(17)24-12-6-9-19(22)21-15-10-11-16(20)14(2)13-15/h4-5,7-8,10-11,13H,3,6,9,12H2,1-2H3,(H,21,22). The number of para-hydroxylation sites is 2. The maximum atomic E-state index is 12.0. The van der Waals surface area contributed by atoms with Crippen LogP contribution in [0.3, 0.4) is 0 Å². The second kappa shape index (κ2) is 9.33. The summed E-state index contributed by atoms with van der Waals surface area (Å²) in [4.78, 5) is 12.0. The third-order valence-electron chi connectivity index (χ3n) is 3.40. The zero-order chi connectivity index (χ0) is 17.4. The fourth-order valence-electron chi connectivity index (χ4n) is 2.20. The second-order valence-electron chi connectivity index (χ2n) is 5.34. The van der Waals surface area contributed by atoms with Gasteiger partial charge >= 0.3 is 0 Å². The number of halogens is 1. The molecule has 1 N–H and O–H groups in total. The third-order valence-corrected chi connectivity index (χ3v) is 4.29. The van der Waals surface area contributed by atoms with Gasteiger partial charge in [0.2, 0.25) is 5.91 Å². The van der Waals surface area contributed by atoms with Crippen LogP contribution in [0.15, 0.2) is 46.9 Å². The Morgan fingerprint density at radius 3 is 2.50 bits per heavy atom. The van der Waals surface area contributed by atoms with Gasteiger partial charge in [-0.1, -0.05) is 28.1 Å². The molecular formula is C19H22BrNO3. The topological polar surface area (TPSA) is 47.6 Å². The lowest BCUT2D eigenvalue weighted by atomic mass is 10.2. The summed E-state index contributed by atoms with van der Waals surface area (Å²) in [7, 11) is 0. The van der Waals surface area contributed by atoms with Gasteiger partial charge in [0.25, 0.3) is 0 Å². The van der Waals surface area contributed by atoms with Crippen LogP contribution in [0.5, 0.6) is 11.5 Å². The van der Waals surface area contributed by atoms with Crippen LogP contribution in [0.2, 0.25) is 0 Å². The van der Waals surface area contributed by atoms with Gasteiger partial charge < -0.3 is 14.8 Å². The van der Waals surface area contributed by atoms with E-state index in [4.69, 9.17) is 9.47 Å². The summed E-state index contributed by atoms with van der Waals surface area (Å²) in [5, 5.41) is 2.90. The number of carbonyl (C=O) groups is 1. The van der Waals surface area contributed by atoms with Crippen LogP contribution in [0, 0.1) is 6.92 Å². The molecule has 2 aromatic rings. The Morgan fingerprint density at radius 2 is 1.83 bits per heavy atom. The number of anilines is 1. The molecule has 0 saturated carbocycles. The van der Waals surface area contributed by atoms with Crippen LogP contribution in [0.25, 0.3) is 0 Å². The molecule has 128 valence electrons. The number of amides is 1. The van der Waals surface area contributed by atoms with E-state index in [1.807, 2.05) is 56.3 Å². The van der Waals surface area contributed by atoms with Crippen LogP contribution >= 0.6 is 15.9 Å². The SMILES string of the molecule is CCOc1ccccc1OCCCC(=O)Nc1ccc(Br)c(C)c1. The molecule has 2 aromatic carbocycles. The van der Waals surface area contributed by atoms with Gasteiger partial charge in [-0.25, -0.2) is 0 Å². The van der Waals surface area contributed by atoms with Crippen molar-refractivity contribution in [2.24, 2.45) is 0 Å². The van der Waals surface area contributed by atoms with Crippen molar-refractivity contribution in [1.82, 2.24) is 0 Å². The van der Waals surface area contributed by atoms with E-state index in [9.17, 15) is 4.79 Å². The normalized spacial score (nSPS) is 10.3. The van der Waals surface area contributed by atoms with E-state index in [1.54, 1.807) is 0 Å². The number of benzene rings is 2. The quantitative estimate of drug-likeness (QED) is 0.647. The summed E-state index contributed by atoms with van der Waals surface area (Å²) in [6.45, 7) is 4.99. The molecule has 0 bridgehead atoms. The number of aryl methyl sites for hydroxylation is 1. The highest BCUT2D eigenvalue weighted by molar-refractivity contribution is 9.10. The van der Waals surface area contributed by atoms with Crippen LogP contribution in [0.1, 0.15) is 25.3 Å². The van der Waals surface area contributed by atoms with Gasteiger partial charge in [0.05, 0.1) is 13.2 Å². The number of nitrogens with one attached hydrogen (secondary N) is 1. The zero-order valence-corrected chi connectivity index (χ0v) is 15.6. The number of hydrogen-bond donors (Lipinski definition) is 1. The fraction of sp³-hybridized carbons (Fsp3) is 0.316. The molecule has 0 aromatic heterocycles. The minimum atomic E-state index is -0.0154. The van der Waals surface area contributed by atoms with E-state index in [1.165, 1.54) is 0 Å². The molecule has 1 amide bonds. The molecule has 4 nitrogen and oxygen atoms in total. The number of hydrogen-bond acceptors (Lipinski definition) is 3. The Labute approximate surface area is 151 Å². The average Bonchev–Trinajstić information content (AvgIpc) is 2.57. The van der Waals surface area contributed by atoms with E-state index in [0.717, 1.165) is 21.5 Å². The Morgan fingerprint density at radius 1 is 1.12 bits per heavy atom. The first-order valence-electron chi connectivity index (χ1n) is 8.00. The molecule has 0 aliphatic heterocycles. The maximum absolute atomic E-state index is 12.0. The first-order chi connectivity index (χ1) is 11.6. The van der Waals surface area contributed by atoms with E-state index in [-0.39, 0.29) is 5.91 Å². The summed E-state index contributed by atoms with van der Waals surface area (Å²) < 4.78 is 12.3. The van der Waals surface area contributed by atoms with E-state index in [0.29, 0.717) is 31.8 Å². The van der Waals surface area contributed by atoms with E-state index >= 15 is 0 Å². The van der Waals surface area contributed by atoms with Crippen molar-refractivity contribution in [3.05, 3.63) is 52.5 Å². The summed E-state index contributed by atoms with van der Waals surface area (Å²) in [6.07, 6.45) is 1.05. The molecule has 24 heavy (non-hydrogen) atoms. The van der Waals surface area contributed by atoms with Crippen molar-refractivity contribution in [2.45, 2.75) is 26.7 Å². The largest absolute Gasteiger partial charge is 0.490 e. The van der Waals surface area contributed by atoms with E-state index < -0.39 is 0 Å². The Hall–Kier alpha value is -2.01. The molecular weight excluding hydrogens is 370 g/mol. The number of carbonyl (C=O) groups excluding carboxylic acids is 1. The predicted molar refractivity (Wildman–Crippen MR) is 99.8 cm³/mol. The molecule has 0 unspecified atom stereocenters. The van der Waals surface area contributed by atoms with Crippen LogP contribution in [0.4, 0.5) is 5.69 Å². The number of ether oxygens (including phenoxy) is 2. The van der Waals surface area contributed by atoms with Crippen LogP contribution in [-0.4, -0.2) is 19.1 Å². The van der Waals surface area contributed by atoms with Crippen LogP contribution < -0.4 is 14.8 Å². The van der Waals surface area contributed by atoms with Crippen molar-refractivity contribution >= 4 is 27.5 Å². The van der Waals surface area contributed by atoms with Gasteiger partial charge in [-0.2, -0.15) is 0 Å². The van der Waals surface area contributed by atoms with Crippen molar-refractivity contribution in [3.63, 3.8) is 0 Å². The van der Waals surface area contributed by atoms with Gasteiger partial charge in [0.1, 0.15) is 0 Å². The van der Waals surface area contributed by atoms with Crippen molar-refractivity contribution in [2.75, 3.05) is 18.5 Å².